The Morgan fingerprint density at radius 3 is 2.78 bits per heavy atom. The Morgan fingerprint density at radius 1 is 1.35 bits per heavy atom. The number of benzene rings is 1. The van der Waals surface area contributed by atoms with Crippen molar-refractivity contribution >= 4 is 35.2 Å². The summed E-state index contributed by atoms with van der Waals surface area (Å²) < 4.78 is 5.07. The molecule has 1 aromatic rings. The van der Waals surface area contributed by atoms with Gasteiger partial charge in [0, 0.05) is 23.9 Å². The fourth-order valence-electron chi connectivity index (χ4n) is 2.58. The highest BCUT2D eigenvalue weighted by molar-refractivity contribution is 7.99. The van der Waals surface area contributed by atoms with E-state index in [1.54, 1.807) is 23.6 Å². The zero-order valence-electron chi connectivity index (χ0n) is 13.3. The molecular formula is C17H22ClNO3S. The van der Waals surface area contributed by atoms with Gasteiger partial charge in [-0.25, -0.2) is 0 Å². The van der Waals surface area contributed by atoms with Crippen LogP contribution in [0.4, 0.5) is 0 Å². The number of rotatable bonds is 6. The minimum atomic E-state index is -0.182. The van der Waals surface area contributed by atoms with Crippen LogP contribution in [0.15, 0.2) is 24.3 Å². The molecule has 1 fully saturated rings. The molecule has 4 nitrogen and oxygen atoms in total. The average Bonchev–Trinajstić information content (AvgIpc) is 2.57. The van der Waals surface area contributed by atoms with Crippen LogP contribution in [0.5, 0.6) is 0 Å². The number of carbonyl (C=O) groups is 2. The number of thioether (sulfide) groups is 1. The van der Waals surface area contributed by atoms with Crippen LogP contribution in [-0.4, -0.2) is 42.2 Å². The van der Waals surface area contributed by atoms with E-state index in [0.29, 0.717) is 23.9 Å². The summed E-state index contributed by atoms with van der Waals surface area (Å²) >= 11 is 7.44. The molecule has 6 heteroatoms. The van der Waals surface area contributed by atoms with Crippen LogP contribution < -0.4 is 0 Å². The van der Waals surface area contributed by atoms with Crippen molar-refractivity contribution < 1.29 is 14.3 Å². The lowest BCUT2D eigenvalue weighted by Gasteiger charge is -2.31. The molecule has 0 radical (unpaired) electrons. The molecular weight excluding hydrogens is 334 g/mol. The van der Waals surface area contributed by atoms with Crippen LogP contribution >= 0.6 is 23.4 Å². The van der Waals surface area contributed by atoms with Gasteiger partial charge in [0.25, 0.3) is 0 Å². The average molecular weight is 356 g/mol. The summed E-state index contributed by atoms with van der Waals surface area (Å²) in [7, 11) is 0. The van der Waals surface area contributed by atoms with Crippen molar-refractivity contribution in [1.29, 1.82) is 0 Å². The maximum absolute atomic E-state index is 12.3. The van der Waals surface area contributed by atoms with Gasteiger partial charge >= 0.3 is 5.97 Å². The lowest BCUT2D eigenvalue weighted by atomic mass is 9.98. The van der Waals surface area contributed by atoms with E-state index in [4.69, 9.17) is 16.3 Å². The highest BCUT2D eigenvalue weighted by Gasteiger charge is 2.29. The Labute approximate surface area is 146 Å². The molecule has 1 saturated heterocycles. The van der Waals surface area contributed by atoms with Crippen molar-refractivity contribution in [3.63, 3.8) is 0 Å². The van der Waals surface area contributed by atoms with Crippen molar-refractivity contribution in [3.05, 3.63) is 34.9 Å². The third-order valence-electron chi connectivity index (χ3n) is 3.80. The summed E-state index contributed by atoms with van der Waals surface area (Å²) in [4.78, 5) is 25.9. The quantitative estimate of drug-likeness (QED) is 0.734. The molecule has 0 N–H and O–H groups in total. The van der Waals surface area contributed by atoms with E-state index >= 15 is 0 Å². The number of hydrogen-bond donors (Lipinski definition) is 0. The molecule has 126 valence electrons. The normalized spacial score (nSPS) is 17.8. The van der Waals surface area contributed by atoms with Crippen molar-refractivity contribution in [3.8, 4) is 0 Å². The second kappa shape index (κ2) is 9.18. The summed E-state index contributed by atoms with van der Waals surface area (Å²) in [6, 6.07) is 7.65. The Bertz CT molecular complexity index is 535. The van der Waals surface area contributed by atoms with Gasteiger partial charge in [-0.3, -0.25) is 9.59 Å². The van der Waals surface area contributed by atoms with Gasteiger partial charge in [-0.05, 0) is 37.5 Å². The second-order valence-corrected chi connectivity index (χ2v) is 6.97. The van der Waals surface area contributed by atoms with Crippen molar-refractivity contribution in [2.45, 2.75) is 25.5 Å². The zero-order chi connectivity index (χ0) is 16.7. The highest BCUT2D eigenvalue weighted by Crippen LogP contribution is 2.20. The standard InChI is InChI=1S/C17H22ClNO3S/c1-2-22-17(21)14-4-3-9-19(10-14)16(20)12-23-11-13-5-7-15(18)8-6-13/h5-8,14H,2-4,9-12H2,1H3. The van der Waals surface area contributed by atoms with E-state index in [-0.39, 0.29) is 17.8 Å². The number of amides is 1. The molecule has 1 aliphatic rings. The second-order valence-electron chi connectivity index (χ2n) is 5.55. The number of hydrogen-bond acceptors (Lipinski definition) is 4. The zero-order valence-corrected chi connectivity index (χ0v) is 14.9. The SMILES string of the molecule is CCOC(=O)C1CCCN(C(=O)CSCc2ccc(Cl)cc2)C1. The number of nitrogens with zero attached hydrogens (tertiary/aromatic N) is 1. The minimum Gasteiger partial charge on any atom is -0.466 e. The maximum atomic E-state index is 12.3. The number of piperidine rings is 1. The van der Waals surface area contributed by atoms with E-state index in [2.05, 4.69) is 0 Å². The van der Waals surface area contributed by atoms with Crippen LogP contribution in [0.2, 0.25) is 5.02 Å². The number of ether oxygens (including phenoxy) is 1. The Kier molecular flexibility index (Phi) is 7.24. The van der Waals surface area contributed by atoms with Gasteiger partial charge in [-0.1, -0.05) is 23.7 Å². The number of esters is 1. The Hall–Kier alpha value is -1.20. The van der Waals surface area contributed by atoms with Crippen LogP contribution in [0.1, 0.15) is 25.3 Å². The molecule has 0 aromatic heterocycles. The first-order valence-electron chi connectivity index (χ1n) is 7.86. The molecule has 0 saturated carbocycles. The van der Waals surface area contributed by atoms with Crippen LogP contribution in [0, 0.1) is 5.92 Å². The predicted molar refractivity (Wildman–Crippen MR) is 93.6 cm³/mol. The largest absolute Gasteiger partial charge is 0.466 e. The summed E-state index contributed by atoms with van der Waals surface area (Å²) in [6.07, 6.45) is 1.66. The third kappa shape index (κ3) is 5.74. The van der Waals surface area contributed by atoms with E-state index in [1.165, 1.54) is 0 Å². The number of carbonyl (C=O) groups excluding carboxylic acids is 2. The summed E-state index contributed by atoms with van der Waals surface area (Å²) in [5, 5.41) is 0.716. The summed E-state index contributed by atoms with van der Waals surface area (Å²) in [6.45, 7) is 3.41. The molecule has 1 heterocycles. The fourth-order valence-corrected chi connectivity index (χ4v) is 3.60. The molecule has 1 atom stereocenters. The van der Waals surface area contributed by atoms with E-state index in [1.807, 2.05) is 24.3 Å². The topological polar surface area (TPSA) is 46.6 Å². The van der Waals surface area contributed by atoms with E-state index in [0.717, 1.165) is 30.7 Å². The molecule has 1 aliphatic heterocycles. The first kappa shape index (κ1) is 18.1. The molecule has 1 amide bonds. The molecule has 0 bridgehead atoms. The van der Waals surface area contributed by atoms with Gasteiger partial charge in [0.15, 0.2) is 0 Å². The summed E-state index contributed by atoms with van der Waals surface area (Å²) in [5.74, 6) is 0.946. The lowest BCUT2D eigenvalue weighted by Crippen LogP contribution is -2.43. The summed E-state index contributed by atoms with van der Waals surface area (Å²) in [5.41, 5.74) is 1.15. The molecule has 0 aliphatic carbocycles. The third-order valence-corrected chi connectivity index (χ3v) is 5.04. The number of likely N-dealkylation sites (tertiary alicyclic amines) is 1. The Morgan fingerprint density at radius 2 is 2.09 bits per heavy atom. The van der Waals surface area contributed by atoms with Crippen LogP contribution in [0.25, 0.3) is 0 Å². The van der Waals surface area contributed by atoms with E-state index in [9.17, 15) is 9.59 Å². The van der Waals surface area contributed by atoms with Crippen molar-refractivity contribution in [1.82, 2.24) is 4.90 Å². The van der Waals surface area contributed by atoms with Gasteiger partial charge < -0.3 is 9.64 Å². The fraction of sp³-hybridized carbons (Fsp3) is 0.529. The molecule has 23 heavy (non-hydrogen) atoms. The maximum Gasteiger partial charge on any atom is 0.310 e. The van der Waals surface area contributed by atoms with Crippen molar-refractivity contribution in [2.75, 3.05) is 25.4 Å². The van der Waals surface area contributed by atoms with Gasteiger partial charge in [-0.15, -0.1) is 11.8 Å². The predicted octanol–water partition coefficient (Wildman–Crippen LogP) is 3.37. The van der Waals surface area contributed by atoms with Gasteiger partial charge in [0.2, 0.25) is 5.91 Å². The molecule has 1 unspecified atom stereocenters. The lowest BCUT2D eigenvalue weighted by molar-refractivity contribution is -0.151. The molecule has 1 aromatic carbocycles. The van der Waals surface area contributed by atoms with Crippen LogP contribution in [-0.2, 0) is 20.1 Å². The van der Waals surface area contributed by atoms with Gasteiger partial charge in [0.1, 0.15) is 0 Å². The number of halogens is 1. The van der Waals surface area contributed by atoms with E-state index < -0.39 is 0 Å². The minimum absolute atomic E-state index is 0.0953. The van der Waals surface area contributed by atoms with Gasteiger partial charge in [-0.2, -0.15) is 0 Å². The van der Waals surface area contributed by atoms with Crippen molar-refractivity contribution in [2.24, 2.45) is 5.92 Å². The first-order chi connectivity index (χ1) is 11.1. The molecule has 2 rings (SSSR count). The van der Waals surface area contributed by atoms with Crippen LogP contribution in [0.3, 0.4) is 0 Å². The Balaban J connectivity index is 1.76. The molecule has 0 spiro atoms. The monoisotopic (exact) mass is 355 g/mol. The smallest absolute Gasteiger partial charge is 0.310 e. The first-order valence-corrected chi connectivity index (χ1v) is 9.40. The highest BCUT2D eigenvalue weighted by atomic mass is 35.5. The van der Waals surface area contributed by atoms with Gasteiger partial charge in [0.05, 0.1) is 18.3 Å².